The van der Waals surface area contributed by atoms with Crippen molar-refractivity contribution in [2.45, 2.75) is 6.54 Å². The second-order valence-electron chi connectivity index (χ2n) is 8.14. The second-order valence-corrected chi connectivity index (χ2v) is 8.58. The molecule has 2 heterocycles. The molecule has 0 bridgehead atoms. The molecule has 0 aliphatic carbocycles. The molecule has 0 saturated carbocycles. The first kappa shape index (κ1) is 21.5. The number of rotatable bonds is 4. The summed E-state index contributed by atoms with van der Waals surface area (Å²) in [6.07, 6.45) is 1.41. The van der Waals surface area contributed by atoms with Gasteiger partial charge in [0.05, 0.1) is 11.1 Å². The van der Waals surface area contributed by atoms with E-state index in [2.05, 4.69) is 9.80 Å². The third-order valence-corrected chi connectivity index (χ3v) is 6.27. The fourth-order valence-electron chi connectivity index (χ4n) is 4.24. The lowest BCUT2D eigenvalue weighted by Crippen LogP contribution is -2.46. The molecule has 5 nitrogen and oxygen atoms in total. The summed E-state index contributed by atoms with van der Waals surface area (Å²) in [5.41, 5.74) is 2.30. The number of fused-ring (bicyclic) bond motifs is 1. The Morgan fingerprint density at radius 3 is 2.58 bits per heavy atom. The van der Waals surface area contributed by atoms with Crippen molar-refractivity contribution >= 4 is 29.1 Å². The van der Waals surface area contributed by atoms with Gasteiger partial charge in [0.2, 0.25) is 5.78 Å². The maximum absolute atomic E-state index is 14.1. The van der Waals surface area contributed by atoms with E-state index in [9.17, 15) is 14.3 Å². The Bertz CT molecular complexity index is 1250. The van der Waals surface area contributed by atoms with E-state index in [0.29, 0.717) is 28.4 Å². The van der Waals surface area contributed by atoms with Gasteiger partial charge in [-0.3, -0.25) is 9.69 Å². The molecule has 0 atom stereocenters. The predicted molar refractivity (Wildman–Crippen MR) is 126 cm³/mol. The summed E-state index contributed by atoms with van der Waals surface area (Å²) < 4.78 is 19.9. The number of phenolic OH excluding ortho intramolecular Hbond substituents is 1. The van der Waals surface area contributed by atoms with E-state index in [0.717, 1.165) is 31.9 Å². The van der Waals surface area contributed by atoms with Crippen LogP contribution in [-0.4, -0.2) is 42.0 Å². The molecule has 5 rings (SSSR count). The van der Waals surface area contributed by atoms with Gasteiger partial charge in [-0.15, -0.1) is 0 Å². The molecule has 2 aliphatic heterocycles. The summed E-state index contributed by atoms with van der Waals surface area (Å²) in [5, 5.41) is 11.3. The maximum Gasteiger partial charge on any atom is 0.231 e. The van der Waals surface area contributed by atoms with Crippen molar-refractivity contribution < 1.29 is 19.0 Å². The molecule has 7 heteroatoms. The Morgan fingerprint density at radius 2 is 1.82 bits per heavy atom. The number of phenols is 1. The van der Waals surface area contributed by atoms with Crippen LogP contribution < -0.4 is 9.64 Å². The summed E-state index contributed by atoms with van der Waals surface area (Å²) in [5.74, 6) is -0.281. The summed E-state index contributed by atoms with van der Waals surface area (Å²) in [7, 11) is 0. The van der Waals surface area contributed by atoms with Crippen LogP contribution in [-0.2, 0) is 6.54 Å². The SMILES string of the molecule is O=C1/C(=C/c2ccccc2F)Oc2c1ccc(O)c2CN1CCN(c2cccc(Cl)c2)CC1. The van der Waals surface area contributed by atoms with E-state index in [1.165, 1.54) is 18.2 Å². The first-order valence-electron chi connectivity index (χ1n) is 10.8. The predicted octanol–water partition coefficient (Wildman–Crippen LogP) is 5.12. The molecule has 168 valence electrons. The number of benzene rings is 3. The van der Waals surface area contributed by atoms with Gasteiger partial charge in [0.25, 0.3) is 0 Å². The van der Waals surface area contributed by atoms with Crippen LogP contribution in [0.2, 0.25) is 5.02 Å². The van der Waals surface area contributed by atoms with E-state index >= 15 is 0 Å². The van der Waals surface area contributed by atoms with Crippen molar-refractivity contribution in [3.63, 3.8) is 0 Å². The number of allylic oxidation sites excluding steroid dienone is 1. The van der Waals surface area contributed by atoms with Crippen molar-refractivity contribution in [1.29, 1.82) is 0 Å². The average Bonchev–Trinajstić information content (AvgIpc) is 3.13. The molecule has 0 aromatic heterocycles. The first-order valence-corrected chi connectivity index (χ1v) is 11.1. The zero-order chi connectivity index (χ0) is 22.9. The topological polar surface area (TPSA) is 53.0 Å². The Hall–Kier alpha value is -3.35. The lowest BCUT2D eigenvalue weighted by molar-refractivity contribution is 0.101. The number of ether oxygens (including phenoxy) is 1. The highest BCUT2D eigenvalue weighted by Gasteiger charge is 2.32. The molecular formula is C26H22ClFN2O3. The third kappa shape index (κ3) is 4.32. The van der Waals surface area contributed by atoms with Crippen molar-refractivity contribution in [3.8, 4) is 11.5 Å². The highest BCUT2D eigenvalue weighted by molar-refractivity contribution is 6.30. The lowest BCUT2D eigenvalue weighted by Gasteiger charge is -2.36. The van der Waals surface area contributed by atoms with Gasteiger partial charge in [0, 0.05) is 49.0 Å². The molecule has 0 radical (unpaired) electrons. The number of ketones is 1. The first-order chi connectivity index (χ1) is 16.0. The zero-order valence-corrected chi connectivity index (χ0v) is 18.6. The number of Topliss-reactive ketones (excluding diaryl/α,β-unsaturated/α-hetero) is 1. The van der Waals surface area contributed by atoms with E-state index in [1.807, 2.05) is 24.3 Å². The van der Waals surface area contributed by atoms with Crippen LogP contribution >= 0.6 is 11.6 Å². The Labute approximate surface area is 196 Å². The minimum atomic E-state index is -0.432. The quantitative estimate of drug-likeness (QED) is 0.543. The Morgan fingerprint density at radius 1 is 1.03 bits per heavy atom. The number of hydrogen-bond donors (Lipinski definition) is 1. The molecule has 33 heavy (non-hydrogen) atoms. The molecule has 1 fully saturated rings. The highest BCUT2D eigenvalue weighted by Crippen LogP contribution is 2.40. The summed E-state index contributed by atoms with van der Waals surface area (Å²) in [6, 6.07) is 17.1. The molecule has 0 spiro atoms. The molecule has 0 unspecified atom stereocenters. The zero-order valence-electron chi connectivity index (χ0n) is 17.8. The van der Waals surface area contributed by atoms with Gasteiger partial charge in [0.15, 0.2) is 5.76 Å². The van der Waals surface area contributed by atoms with Crippen LogP contribution in [0.15, 0.2) is 66.4 Å². The molecular weight excluding hydrogens is 443 g/mol. The van der Waals surface area contributed by atoms with Crippen LogP contribution in [0.3, 0.4) is 0 Å². The molecule has 1 saturated heterocycles. The molecule has 3 aromatic carbocycles. The maximum atomic E-state index is 14.1. The number of carbonyl (C=O) groups excluding carboxylic acids is 1. The number of aromatic hydroxyl groups is 1. The minimum Gasteiger partial charge on any atom is -0.507 e. The van der Waals surface area contributed by atoms with E-state index in [-0.39, 0.29) is 22.9 Å². The number of anilines is 1. The molecule has 3 aromatic rings. The molecule has 2 aliphatic rings. The van der Waals surface area contributed by atoms with Gasteiger partial charge in [-0.05, 0) is 42.5 Å². The second kappa shape index (κ2) is 8.89. The average molecular weight is 465 g/mol. The van der Waals surface area contributed by atoms with Crippen LogP contribution in [0, 0.1) is 5.82 Å². The monoisotopic (exact) mass is 464 g/mol. The summed E-state index contributed by atoms with van der Waals surface area (Å²) >= 11 is 6.12. The largest absolute Gasteiger partial charge is 0.507 e. The molecule has 1 N–H and O–H groups in total. The lowest BCUT2D eigenvalue weighted by atomic mass is 10.0. The van der Waals surface area contributed by atoms with Gasteiger partial charge in [-0.1, -0.05) is 35.9 Å². The van der Waals surface area contributed by atoms with Crippen molar-refractivity contribution in [2.24, 2.45) is 0 Å². The smallest absolute Gasteiger partial charge is 0.231 e. The third-order valence-electron chi connectivity index (χ3n) is 6.04. The number of nitrogens with zero attached hydrogens (tertiary/aromatic N) is 2. The Kier molecular flexibility index (Phi) is 5.79. The van der Waals surface area contributed by atoms with Crippen molar-refractivity contribution in [1.82, 2.24) is 4.90 Å². The number of halogens is 2. The normalized spacial score (nSPS) is 17.3. The van der Waals surface area contributed by atoms with E-state index < -0.39 is 5.82 Å². The number of carbonyl (C=O) groups is 1. The fraction of sp³-hybridized carbons (Fsp3) is 0.192. The van der Waals surface area contributed by atoms with Gasteiger partial charge >= 0.3 is 0 Å². The van der Waals surface area contributed by atoms with Crippen molar-refractivity contribution in [3.05, 3.63) is 94.0 Å². The summed E-state index contributed by atoms with van der Waals surface area (Å²) in [4.78, 5) is 17.3. The standard InChI is InChI=1S/C26H22ClFN2O3/c27-18-5-3-6-19(15-18)30-12-10-29(11-13-30)16-21-23(31)9-8-20-25(32)24(33-26(20)21)14-17-4-1-2-7-22(17)28/h1-9,14-15,31H,10-13,16H2/b24-14-. The highest BCUT2D eigenvalue weighted by atomic mass is 35.5. The fourth-order valence-corrected chi connectivity index (χ4v) is 4.43. The van der Waals surface area contributed by atoms with Gasteiger partial charge in [-0.2, -0.15) is 0 Å². The van der Waals surface area contributed by atoms with Crippen LogP contribution in [0.4, 0.5) is 10.1 Å². The van der Waals surface area contributed by atoms with Gasteiger partial charge < -0.3 is 14.7 Å². The number of hydrogen-bond acceptors (Lipinski definition) is 5. The van der Waals surface area contributed by atoms with E-state index in [1.54, 1.807) is 24.3 Å². The summed E-state index contributed by atoms with van der Waals surface area (Å²) in [6.45, 7) is 3.63. The van der Waals surface area contributed by atoms with Crippen molar-refractivity contribution in [2.75, 3.05) is 31.1 Å². The van der Waals surface area contributed by atoms with Gasteiger partial charge in [0.1, 0.15) is 17.3 Å². The number of piperazine rings is 1. The molecule has 0 amide bonds. The van der Waals surface area contributed by atoms with Crippen LogP contribution in [0.5, 0.6) is 11.5 Å². The van der Waals surface area contributed by atoms with Gasteiger partial charge in [-0.25, -0.2) is 4.39 Å². The minimum absolute atomic E-state index is 0.0488. The van der Waals surface area contributed by atoms with Crippen LogP contribution in [0.25, 0.3) is 6.08 Å². The Balaban J connectivity index is 1.34. The van der Waals surface area contributed by atoms with Crippen LogP contribution in [0.1, 0.15) is 21.5 Å². The van der Waals surface area contributed by atoms with E-state index in [4.69, 9.17) is 16.3 Å².